The molecule has 0 aromatic carbocycles. The van der Waals surface area contributed by atoms with Crippen molar-refractivity contribution in [1.82, 2.24) is 19.8 Å². The van der Waals surface area contributed by atoms with Gasteiger partial charge in [-0.2, -0.15) is 10.2 Å². The lowest BCUT2D eigenvalue weighted by atomic mass is 10.4. The Morgan fingerprint density at radius 3 is 2.75 bits per heavy atom. The Hall–Kier alpha value is -1.86. The van der Waals surface area contributed by atoms with E-state index >= 15 is 0 Å². The topological polar surface area (TPSA) is 93.2 Å². The Balaban J connectivity index is 2.59. The minimum Gasteiger partial charge on any atom is -0.476 e. The lowest BCUT2D eigenvalue weighted by molar-refractivity contribution is 0.0680. The summed E-state index contributed by atoms with van der Waals surface area (Å²) in [6, 6.07) is 2.74. The highest BCUT2D eigenvalue weighted by Gasteiger charge is 2.16. The van der Waals surface area contributed by atoms with E-state index in [4.69, 9.17) is 21.8 Å². The van der Waals surface area contributed by atoms with Gasteiger partial charge in [0.2, 0.25) is 0 Å². The zero-order chi connectivity index (χ0) is 11.7. The van der Waals surface area contributed by atoms with Gasteiger partial charge in [0, 0.05) is 0 Å². The normalized spacial score (nSPS) is 10.6. The summed E-state index contributed by atoms with van der Waals surface area (Å²) in [5.74, 6) is -1.18. The van der Waals surface area contributed by atoms with Gasteiger partial charge in [0.1, 0.15) is 0 Å². The number of hydrogen-bond donors (Lipinski definition) is 2. The minimum atomic E-state index is -1.18. The minimum absolute atomic E-state index is 0.130. The second-order valence-electron chi connectivity index (χ2n) is 2.92. The quantitative estimate of drug-likeness (QED) is 0.804. The molecule has 0 aliphatic carbocycles. The van der Waals surface area contributed by atoms with Crippen LogP contribution >= 0.6 is 11.6 Å². The molecular formula is C8H7ClN4O3. The first-order valence-electron chi connectivity index (χ1n) is 4.26. The van der Waals surface area contributed by atoms with Crippen LogP contribution in [0.2, 0.25) is 5.15 Å². The van der Waals surface area contributed by atoms with Crippen LogP contribution in [-0.2, 0) is 6.61 Å². The number of aromatic carboxylic acids is 1. The fourth-order valence-corrected chi connectivity index (χ4v) is 1.38. The number of aliphatic hydroxyl groups is 1. The monoisotopic (exact) mass is 242 g/mol. The van der Waals surface area contributed by atoms with Crippen molar-refractivity contribution in [2.75, 3.05) is 0 Å². The number of carboxylic acid groups (broad SMARTS) is 1. The molecule has 0 fully saturated rings. The molecule has 2 aromatic rings. The molecule has 0 amide bonds. The third-order valence-corrected chi connectivity index (χ3v) is 2.16. The maximum absolute atomic E-state index is 10.9. The Morgan fingerprint density at radius 1 is 1.50 bits per heavy atom. The molecule has 2 heterocycles. The van der Waals surface area contributed by atoms with Gasteiger partial charge in [-0.15, -0.1) is 9.58 Å². The van der Waals surface area contributed by atoms with Gasteiger partial charge >= 0.3 is 5.97 Å². The second-order valence-corrected chi connectivity index (χ2v) is 3.30. The van der Waals surface area contributed by atoms with Crippen molar-refractivity contribution in [3.63, 3.8) is 0 Å². The summed E-state index contributed by atoms with van der Waals surface area (Å²) >= 11 is 5.79. The number of nitrogens with zero attached hydrogens (tertiary/aromatic N) is 4. The molecule has 2 rings (SSSR count). The van der Waals surface area contributed by atoms with Crippen LogP contribution in [0, 0.1) is 0 Å². The van der Waals surface area contributed by atoms with Crippen LogP contribution in [0.5, 0.6) is 0 Å². The highest BCUT2D eigenvalue weighted by atomic mass is 35.5. The Labute approximate surface area is 94.5 Å². The molecular weight excluding hydrogens is 236 g/mol. The van der Waals surface area contributed by atoms with Crippen molar-refractivity contribution in [2.45, 2.75) is 6.61 Å². The van der Waals surface area contributed by atoms with E-state index < -0.39 is 5.97 Å². The summed E-state index contributed by atoms with van der Waals surface area (Å²) in [6.45, 7) is -0.355. The maximum Gasteiger partial charge on any atom is 0.356 e. The standard InChI is InChI=1S/C8H7ClN4O3/c9-7-1-2-10-13(7)12-6(8(15)16)3-5(4-14)11-12/h1-3,14H,4H2,(H,15,16). The number of aliphatic hydroxyl groups excluding tert-OH is 1. The molecule has 0 radical (unpaired) electrons. The summed E-state index contributed by atoms with van der Waals surface area (Å²) in [6.07, 6.45) is 1.41. The fraction of sp³-hybridized carbons (Fsp3) is 0.125. The second kappa shape index (κ2) is 3.95. The van der Waals surface area contributed by atoms with Gasteiger partial charge in [0.25, 0.3) is 0 Å². The van der Waals surface area contributed by atoms with Gasteiger partial charge in [-0.3, -0.25) is 0 Å². The highest BCUT2D eigenvalue weighted by molar-refractivity contribution is 6.29. The predicted molar refractivity (Wildman–Crippen MR) is 53.1 cm³/mol. The molecule has 0 saturated carbocycles. The summed E-state index contributed by atoms with van der Waals surface area (Å²) in [5.41, 5.74) is 0.0959. The molecule has 2 N–H and O–H groups in total. The molecule has 0 bridgehead atoms. The summed E-state index contributed by atoms with van der Waals surface area (Å²) in [4.78, 5) is 13.1. The number of carbonyl (C=O) groups is 1. The number of hydrogen-bond acceptors (Lipinski definition) is 4. The van der Waals surface area contributed by atoms with Crippen LogP contribution in [0.25, 0.3) is 0 Å². The van der Waals surface area contributed by atoms with Crippen LogP contribution < -0.4 is 0 Å². The lowest BCUT2D eigenvalue weighted by Gasteiger charge is -2.04. The van der Waals surface area contributed by atoms with Crippen LogP contribution in [0.15, 0.2) is 18.3 Å². The van der Waals surface area contributed by atoms with E-state index in [1.54, 1.807) is 0 Å². The highest BCUT2D eigenvalue weighted by Crippen LogP contribution is 2.11. The van der Waals surface area contributed by atoms with Crippen molar-refractivity contribution >= 4 is 17.6 Å². The molecule has 0 spiro atoms. The van der Waals surface area contributed by atoms with E-state index in [0.717, 1.165) is 9.58 Å². The largest absolute Gasteiger partial charge is 0.476 e. The van der Waals surface area contributed by atoms with Crippen molar-refractivity contribution < 1.29 is 15.0 Å². The van der Waals surface area contributed by atoms with Crippen molar-refractivity contribution in [3.8, 4) is 0 Å². The molecule has 0 aliphatic rings. The predicted octanol–water partition coefficient (Wildman–Crippen LogP) is 0.235. The molecule has 0 unspecified atom stereocenters. The number of rotatable bonds is 3. The van der Waals surface area contributed by atoms with Gasteiger partial charge < -0.3 is 10.2 Å². The average Bonchev–Trinajstić information content (AvgIpc) is 2.82. The van der Waals surface area contributed by atoms with Gasteiger partial charge in [-0.25, -0.2) is 4.79 Å². The van der Waals surface area contributed by atoms with E-state index in [1.165, 1.54) is 18.3 Å². The summed E-state index contributed by atoms with van der Waals surface area (Å²) in [5, 5.41) is 25.7. The summed E-state index contributed by atoms with van der Waals surface area (Å²) < 4.78 is 0. The Bertz CT molecular complexity index is 533. The van der Waals surface area contributed by atoms with Crippen LogP contribution in [0.3, 0.4) is 0 Å². The molecule has 8 heteroatoms. The van der Waals surface area contributed by atoms with E-state index in [9.17, 15) is 4.79 Å². The van der Waals surface area contributed by atoms with E-state index in [2.05, 4.69) is 10.2 Å². The number of halogens is 1. The average molecular weight is 243 g/mol. The van der Waals surface area contributed by atoms with Crippen molar-refractivity contribution in [3.05, 3.63) is 34.9 Å². The lowest BCUT2D eigenvalue weighted by Crippen LogP contribution is -2.18. The zero-order valence-corrected chi connectivity index (χ0v) is 8.66. The smallest absolute Gasteiger partial charge is 0.356 e. The SMILES string of the molecule is O=C(O)c1cc(CO)nn1-n1nccc1Cl. The maximum atomic E-state index is 10.9. The van der Waals surface area contributed by atoms with Gasteiger partial charge in [-0.1, -0.05) is 11.6 Å². The fourth-order valence-electron chi connectivity index (χ4n) is 1.21. The first kappa shape index (κ1) is 10.7. The Morgan fingerprint density at radius 2 is 2.25 bits per heavy atom. The first-order chi connectivity index (χ1) is 7.63. The van der Waals surface area contributed by atoms with E-state index in [0.29, 0.717) is 0 Å². The molecule has 7 nitrogen and oxygen atoms in total. The molecule has 0 aliphatic heterocycles. The van der Waals surface area contributed by atoms with Crippen molar-refractivity contribution in [2.24, 2.45) is 0 Å². The van der Waals surface area contributed by atoms with Gasteiger partial charge in [0.15, 0.2) is 10.8 Å². The van der Waals surface area contributed by atoms with Gasteiger partial charge in [-0.05, 0) is 12.1 Å². The van der Waals surface area contributed by atoms with E-state index in [-0.39, 0.29) is 23.1 Å². The number of aromatic nitrogens is 4. The molecule has 16 heavy (non-hydrogen) atoms. The first-order valence-corrected chi connectivity index (χ1v) is 4.64. The van der Waals surface area contributed by atoms with Crippen LogP contribution in [-0.4, -0.2) is 36.0 Å². The summed E-state index contributed by atoms with van der Waals surface area (Å²) in [7, 11) is 0. The van der Waals surface area contributed by atoms with Crippen molar-refractivity contribution in [1.29, 1.82) is 0 Å². The molecule has 0 saturated heterocycles. The molecule has 84 valence electrons. The Kier molecular flexibility index (Phi) is 2.63. The molecule has 0 atom stereocenters. The van der Waals surface area contributed by atoms with E-state index in [1.807, 2.05) is 0 Å². The molecule has 2 aromatic heterocycles. The number of carboxylic acids is 1. The third kappa shape index (κ3) is 1.66. The zero-order valence-electron chi connectivity index (χ0n) is 7.91. The van der Waals surface area contributed by atoms with Crippen LogP contribution in [0.4, 0.5) is 0 Å². The third-order valence-electron chi connectivity index (χ3n) is 1.88. The van der Waals surface area contributed by atoms with Gasteiger partial charge in [0.05, 0.1) is 18.5 Å². The van der Waals surface area contributed by atoms with Crippen LogP contribution in [0.1, 0.15) is 16.2 Å².